The molecule has 1 atom stereocenters. The van der Waals surface area contributed by atoms with Crippen molar-refractivity contribution < 1.29 is 0 Å². The molecule has 0 bridgehead atoms. The van der Waals surface area contributed by atoms with Gasteiger partial charge in [-0.2, -0.15) is 0 Å². The zero-order chi connectivity index (χ0) is 15.2. The third-order valence-electron chi connectivity index (χ3n) is 4.29. The Labute approximate surface area is 133 Å². The normalized spacial score (nSPS) is 13.0. The highest BCUT2D eigenvalue weighted by atomic mass is 35.5. The van der Waals surface area contributed by atoms with E-state index in [-0.39, 0.29) is 0 Å². The van der Waals surface area contributed by atoms with Gasteiger partial charge in [-0.15, -0.1) is 0 Å². The minimum absolute atomic E-state index is 0.752. The molecule has 0 aliphatic carbocycles. The first-order chi connectivity index (χ1) is 10.2. The summed E-state index contributed by atoms with van der Waals surface area (Å²) in [6, 6.07) is 6.23. The van der Waals surface area contributed by atoms with E-state index in [9.17, 15) is 0 Å². The largest absolute Gasteiger partial charge is 0.347 e. The van der Waals surface area contributed by atoms with Crippen LogP contribution in [0.4, 0.5) is 0 Å². The highest BCUT2D eigenvalue weighted by molar-refractivity contribution is 6.31. The number of nitrogens with zero attached hydrogens (tertiary/aromatic N) is 1. The number of hydrogen-bond donors (Lipinski definition) is 1. The molecule has 0 saturated heterocycles. The molecule has 1 aromatic carbocycles. The van der Waals surface area contributed by atoms with Crippen LogP contribution in [0.25, 0.3) is 10.9 Å². The Hall–Kier alpha value is -0.990. The Bertz CT molecular complexity index is 574. The number of nitrogens with one attached hydrogen (secondary N) is 1. The van der Waals surface area contributed by atoms with Crippen molar-refractivity contribution >= 4 is 22.5 Å². The van der Waals surface area contributed by atoms with Gasteiger partial charge in [0.15, 0.2) is 0 Å². The number of halogens is 1. The van der Waals surface area contributed by atoms with Crippen LogP contribution in [0.1, 0.15) is 45.1 Å². The molecule has 1 aromatic heterocycles. The topological polar surface area (TPSA) is 17.0 Å². The van der Waals surface area contributed by atoms with E-state index in [1.165, 1.54) is 42.1 Å². The molecule has 0 aliphatic rings. The third-order valence-corrected chi connectivity index (χ3v) is 4.53. The van der Waals surface area contributed by atoms with Crippen molar-refractivity contribution in [3.8, 4) is 0 Å². The van der Waals surface area contributed by atoms with Gasteiger partial charge >= 0.3 is 0 Å². The van der Waals surface area contributed by atoms with Crippen molar-refractivity contribution in [3.05, 3.63) is 35.0 Å². The molecule has 0 aliphatic heterocycles. The summed E-state index contributed by atoms with van der Waals surface area (Å²) in [7, 11) is 2.00. The van der Waals surface area contributed by atoms with Crippen molar-refractivity contribution in [1.82, 2.24) is 9.88 Å². The van der Waals surface area contributed by atoms with Crippen LogP contribution < -0.4 is 5.32 Å². The molecule has 0 amide bonds. The predicted octanol–water partition coefficient (Wildman–Crippen LogP) is 5.23. The van der Waals surface area contributed by atoms with Crippen molar-refractivity contribution in [3.63, 3.8) is 0 Å². The summed E-state index contributed by atoms with van der Waals surface area (Å²) in [6.07, 6.45) is 7.45. The summed E-state index contributed by atoms with van der Waals surface area (Å²) in [6.45, 7) is 6.56. The molecule has 0 fully saturated rings. The van der Waals surface area contributed by atoms with E-state index in [1.54, 1.807) is 0 Å². The first-order valence-electron chi connectivity index (χ1n) is 8.11. The van der Waals surface area contributed by atoms with Crippen molar-refractivity contribution in [2.75, 3.05) is 7.05 Å². The summed E-state index contributed by atoms with van der Waals surface area (Å²) < 4.78 is 2.40. The SMILES string of the molecule is CCCCC(CC)Cn1cc(CNC)c2ccc(Cl)cc21. The van der Waals surface area contributed by atoms with Gasteiger partial charge in [-0.25, -0.2) is 0 Å². The zero-order valence-corrected chi connectivity index (χ0v) is 14.2. The van der Waals surface area contributed by atoms with E-state index in [4.69, 9.17) is 11.6 Å². The number of rotatable bonds is 8. The Morgan fingerprint density at radius 3 is 2.76 bits per heavy atom. The lowest BCUT2D eigenvalue weighted by Crippen LogP contribution is -2.09. The molecule has 3 heteroatoms. The average Bonchev–Trinajstić information content (AvgIpc) is 2.81. The van der Waals surface area contributed by atoms with Gasteiger partial charge < -0.3 is 9.88 Å². The third kappa shape index (κ3) is 4.02. The van der Waals surface area contributed by atoms with Crippen LogP contribution in [0.3, 0.4) is 0 Å². The van der Waals surface area contributed by atoms with E-state index in [0.717, 1.165) is 24.0 Å². The van der Waals surface area contributed by atoms with Gasteiger partial charge in [0.05, 0.1) is 0 Å². The maximum Gasteiger partial charge on any atom is 0.0498 e. The van der Waals surface area contributed by atoms with E-state index in [2.05, 4.69) is 42.1 Å². The molecule has 1 heterocycles. The maximum absolute atomic E-state index is 6.20. The number of benzene rings is 1. The molecule has 2 nitrogen and oxygen atoms in total. The van der Waals surface area contributed by atoms with Crippen molar-refractivity contribution in [2.24, 2.45) is 5.92 Å². The van der Waals surface area contributed by atoms with Crippen LogP contribution in [0.15, 0.2) is 24.4 Å². The molecular weight excluding hydrogens is 280 g/mol. The quantitative estimate of drug-likeness (QED) is 0.706. The monoisotopic (exact) mass is 306 g/mol. The van der Waals surface area contributed by atoms with Crippen LogP contribution in [-0.4, -0.2) is 11.6 Å². The predicted molar refractivity (Wildman–Crippen MR) is 93.0 cm³/mol. The second-order valence-electron chi connectivity index (χ2n) is 5.92. The highest BCUT2D eigenvalue weighted by Crippen LogP contribution is 2.27. The lowest BCUT2D eigenvalue weighted by molar-refractivity contribution is 0.396. The number of fused-ring (bicyclic) bond motifs is 1. The van der Waals surface area contributed by atoms with Gasteiger partial charge in [0, 0.05) is 35.2 Å². The van der Waals surface area contributed by atoms with Crippen LogP contribution in [0.2, 0.25) is 5.02 Å². The molecule has 2 rings (SSSR count). The first kappa shape index (κ1) is 16.4. The Balaban J connectivity index is 2.31. The molecule has 0 spiro atoms. The van der Waals surface area contributed by atoms with Crippen LogP contribution in [0.5, 0.6) is 0 Å². The Morgan fingerprint density at radius 1 is 1.29 bits per heavy atom. The van der Waals surface area contributed by atoms with Gasteiger partial charge in [-0.1, -0.05) is 50.8 Å². The summed E-state index contributed by atoms with van der Waals surface area (Å²) in [4.78, 5) is 0. The molecule has 0 radical (unpaired) electrons. The smallest absolute Gasteiger partial charge is 0.0498 e. The summed E-state index contributed by atoms with van der Waals surface area (Å²) in [5, 5.41) is 5.40. The number of aromatic nitrogens is 1. The summed E-state index contributed by atoms with van der Waals surface area (Å²) in [5.41, 5.74) is 2.62. The fraction of sp³-hybridized carbons (Fsp3) is 0.556. The molecule has 21 heavy (non-hydrogen) atoms. The molecule has 116 valence electrons. The number of unbranched alkanes of at least 4 members (excludes halogenated alkanes) is 1. The highest BCUT2D eigenvalue weighted by Gasteiger charge is 2.12. The van der Waals surface area contributed by atoms with Gasteiger partial charge in [0.1, 0.15) is 0 Å². The first-order valence-corrected chi connectivity index (χ1v) is 8.49. The van der Waals surface area contributed by atoms with E-state index >= 15 is 0 Å². The second-order valence-corrected chi connectivity index (χ2v) is 6.35. The molecule has 2 aromatic rings. The van der Waals surface area contributed by atoms with E-state index in [1.807, 2.05) is 13.1 Å². The molecule has 1 unspecified atom stereocenters. The van der Waals surface area contributed by atoms with E-state index in [0.29, 0.717) is 0 Å². The Morgan fingerprint density at radius 2 is 2.10 bits per heavy atom. The van der Waals surface area contributed by atoms with Crippen LogP contribution in [0, 0.1) is 5.92 Å². The van der Waals surface area contributed by atoms with Gasteiger partial charge in [0.2, 0.25) is 0 Å². The lowest BCUT2D eigenvalue weighted by atomic mass is 9.99. The minimum atomic E-state index is 0.752. The summed E-state index contributed by atoms with van der Waals surface area (Å²) >= 11 is 6.20. The van der Waals surface area contributed by atoms with Gasteiger partial charge in [-0.3, -0.25) is 0 Å². The minimum Gasteiger partial charge on any atom is -0.347 e. The van der Waals surface area contributed by atoms with Crippen molar-refractivity contribution in [1.29, 1.82) is 0 Å². The molecule has 0 saturated carbocycles. The lowest BCUT2D eigenvalue weighted by Gasteiger charge is -2.16. The van der Waals surface area contributed by atoms with Crippen molar-refractivity contribution in [2.45, 2.75) is 52.6 Å². The maximum atomic E-state index is 6.20. The zero-order valence-electron chi connectivity index (χ0n) is 13.5. The fourth-order valence-corrected chi connectivity index (χ4v) is 3.19. The average molecular weight is 307 g/mol. The van der Waals surface area contributed by atoms with E-state index < -0.39 is 0 Å². The van der Waals surface area contributed by atoms with Gasteiger partial charge in [-0.05, 0) is 37.1 Å². The second kappa shape index (κ2) is 7.86. The summed E-state index contributed by atoms with van der Waals surface area (Å²) in [5.74, 6) is 0.752. The standard InChI is InChI=1S/C18H27ClN2/c1-4-6-7-14(5-2)12-21-13-15(11-20-3)17-9-8-16(19)10-18(17)21/h8-10,13-14,20H,4-7,11-12H2,1-3H3. The molecule has 1 N–H and O–H groups in total. The fourth-order valence-electron chi connectivity index (χ4n) is 3.02. The van der Waals surface area contributed by atoms with Crippen LogP contribution >= 0.6 is 11.6 Å². The van der Waals surface area contributed by atoms with Crippen LogP contribution in [-0.2, 0) is 13.1 Å². The Kier molecular flexibility index (Phi) is 6.13. The molecular formula is C18H27ClN2. The number of hydrogen-bond acceptors (Lipinski definition) is 1. The van der Waals surface area contributed by atoms with Gasteiger partial charge in [0.25, 0.3) is 0 Å².